The predicted molar refractivity (Wildman–Crippen MR) is 158 cm³/mol. The van der Waals surface area contributed by atoms with Crippen molar-refractivity contribution < 1.29 is 37.8 Å². The molecule has 3 aliphatic heterocycles. The van der Waals surface area contributed by atoms with Crippen LogP contribution >= 0.6 is 0 Å². The molecule has 1 unspecified atom stereocenters. The highest BCUT2D eigenvalue weighted by Crippen LogP contribution is 2.36. The van der Waals surface area contributed by atoms with Gasteiger partial charge in [-0.2, -0.15) is 4.31 Å². The highest BCUT2D eigenvalue weighted by molar-refractivity contribution is 7.89. The van der Waals surface area contributed by atoms with E-state index in [-0.39, 0.29) is 43.0 Å². The summed E-state index contributed by atoms with van der Waals surface area (Å²) in [5, 5.41) is 19.4. The number of dihydropyridines is 1. The van der Waals surface area contributed by atoms with Gasteiger partial charge in [0.05, 0.1) is 28.6 Å². The number of sulfonamides is 1. The van der Waals surface area contributed by atoms with E-state index in [2.05, 4.69) is 14.7 Å². The molecule has 0 aromatic heterocycles. The Morgan fingerprint density at radius 2 is 1.82 bits per heavy atom. The molecule has 3 aliphatic rings. The Bertz CT molecular complexity index is 1480. The second kappa shape index (κ2) is 14.2. The predicted octanol–water partition coefficient (Wildman–Crippen LogP) is 3.71. The fraction of sp³-hybridized carbons (Fsp3) is 0.607. The van der Waals surface area contributed by atoms with Crippen molar-refractivity contribution in [3.8, 4) is 5.75 Å². The smallest absolute Gasteiger partial charge is 0.294 e. The number of Topliss-reactive ketones (excluding diaryl/α,β-unsaturated/α-hetero) is 1. The second-order valence-corrected chi connectivity index (χ2v) is 12.7. The summed E-state index contributed by atoms with van der Waals surface area (Å²) in [5.74, 6) is -0.130. The van der Waals surface area contributed by atoms with Crippen LogP contribution in [0.5, 0.6) is 5.75 Å². The minimum Gasteiger partial charge on any atom is -0.493 e. The van der Waals surface area contributed by atoms with Crippen LogP contribution in [-0.4, -0.2) is 78.6 Å². The Hall–Kier alpha value is -3.92. The molecule has 0 N–H and O–H groups in total. The molecule has 3 heterocycles. The maximum Gasteiger partial charge on any atom is 0.294 e. The number of hydrogen-bond donors (Lipinski definition) is 0. The van der Waals surface area contributed by atoms with Crippen molar-refractivity contribution in [3.05, 3.63) is 55.3 Å². The highest BCUT2D eigenvalue weighted by Gasteiger charge is 2.37. The van der Waals surface area contributed by atoms with E-state index < -0.39 is 44.9 Å². The maximum atomic E-state index is 13.8. The van der Waals surface area contributed by atoms with E-state index in [1.165, 1.54) is 16.4 Å². The molecule has 240 valence electrons. The minimum atomic E-state index is -4.01. The lowest BCUT2D eigenvalue weighted by Crippen LogP contribution is -2.43. The molecule has 16 heteroatoms. The summed E-state index contributed by atoms with van der Waals surface area (Å²) in [5.41, 5.74) is 2.97. The van der Waals surface area contributed by atoms with E-state index in [0.29, 0.717) is 47.7 Å². The van der Waals surface area contributed by atoms with Gasteiger partial charge in [0, 0.05) is 30.6 Å². The van der Waals surface area contributed by atoms with Crippen molar-refractivity contribution in [2.75, 3.05) is 26.3 Å². The third-order valence-electron chi connectivity index (χ3n) is 7.89. The largest absolute Gasteiger partial charge is 0.493 e. The lowest BCUT2D eigenvalue weighted by atomic mass is 9.91. The topological polar surface area (TPSA) is 193 Å². The van der Waals surface area contributed by atoms with Gasteiger partial charge in [-0.1, -0.05) is 27.2 Å². The van der Waals surface area contributed by atoms with Crippen LogP contribution in [0.15, 0.2) is 44.3 Å². The third kappa shape index (κ3) is 7.23. The Morgan fingerprint density at radius 3 is 2.43 bits per heavy atom. The molecule has 0 aliphatic carbocycles. The average molecular weight is 636 g/mol. The molecule has 0 bridgehead atoms. The average Bonchev–Trinajstić information content (AvgIpc) is 3.45. The van der Waals surface area contributed by atoms with Gasteiger partial charge in [0.15, 0.2) is 5.78 Å². The van der Waals surface area contributed by atoms with E-state index >= 15 is 0 Å². The lowest BCUT2D eigenvalue weighted by Gasteiger charge is -2.34. The van der Waals surface area contributed by atoms with Gasteiger partial charge in [0.1, 0.15) is 24.5 Å². The first kappa shape index (κ1) is 33.0. The summed E-state index contributed by atoms with van der Waals surface area (Å²) in [6.45, 7) is 5.71. The van der Waals surface area contributed by atoms with Crippen LogP contribution in [0.25, 0.3) is 0 Å². The Kier molecular flexibility index (Phi) is 10.7. The first-order valence-corrected chi connectivity index (χ1v) is 16.2. The van der Waals surface area contributed by atoms with Crippen molar-refractivity contribution in [2.24, 2.45) is 15.9 Å². The number of aliphatic imine (C=N–C) groups is 2. The number of benzene rings is 1. The monoisotopic (exact) mass is 635 g/mol. The van der Waals surface area contributed by atoms with Crippen LogP contribution in [0.4, 0.5) is 0 Å². The van der Waals surface area contributed by atoms with E-state index in [9.17, 15) is 33.4 Å². The SMILES string of the molecule is CCCOc1ccc(S(=O)(=O)N2CCC([C@H](CO[N+](=O)[O-])O[N+](=O)[O-])CC2)cc1C1=NC2=C(C1)C(=O)C(CC)N=C2CCC. The van der Waals surface area contributed by atoms with Crippen LogP contribution in [0.3, 0.4) is 0 Å². The number of ether oxygens (including phenoxy) is 1. The van der Waals surface area contributed by atoms with Gasteiger partial charge in [-0.05, 0) is 56.2 Å². The van der Waals surface area contributed by atoms with E-state index in [4.69, 9.17) is 9.73 Å². The van der Waals surface area contributed by atoms with Gasteiger partial charge < -0.3 is 14.4 Å². The van der Waals surface area contributed by atoms with Crippen molar-refractivity contribution in [2.45, 2.75) is 82.8 Å². The highest BCUT2D eigenvalue weighted by atomic mass is 32.2. The molecule has 0 spiro atoms. The van der Waals surface area contributed by atoms with Crippen molar-refractivity contribution >= 4 is 27.2 Å². The normalized spacial score (nSPS) is 20.1. The van der Waals surface area contributed by atoms with Gasteiger partial charge in [-0.25, -0.2) is 13.4 Å². The fourth-order valence-electron chi connectivity index (χ4n) is 5.66. The van der Waals surface area contributed by atoms with Gasteiger partial charge in [-0.3, -0.25) is 9.79 Å². The standard InChI is InChI=1S/C28H37N5O10S/c1-4-7-23-27-21(28(34)22(6-3)29-23)16-24(30-27)20-15-19(8-9-25(20)41-14-5-2)44(39,40)31-12-10-18(11-13-31)26(43-33(37)38)17-42-32(35)36/h8-9,15,18,22,26H,4-7,10-14,16-17H2,1-3H3/t22?,26-/m0/s1. The van der Waals surface area contributed by atoms with Crippen molar-refractivity contribution in [1.29, 1.82) is 0 Å². The molecule has 44 heavy (non-hydrogen) atoms. The molecule has 0 saturated carbocycles. The number of carbonyl (C=O) groups is 1. The molecule has 0 radical (unpaired) electrons. The number of hydrogen-bond acceptors (Lipinski definition) is 12. The minimum absolute atomic E-state index is 0.0114. The number of nitrogens with zero attached hydrogens (tertiary/aromatic N) is 5. The van der Waals surface area contributed by atoms with Gasteiger partial charge in [0.25, 0.3) is 10.2 Å². The quantitative estimate of drug-likeness (QED) is 0.203. The van der Waals surface area contributed by atoms with E-state index in [0.717, 1.165) is 18.6 Å². The second-order valence-electron chi connectivity index (χ2n) is 10.8. The fourth-order valence-corrected chi connectivity index (χ4v) is 7.16. The molecule has 1 aromatic rings. The molecule has 1 saturated heterocycles. The third-order valence-corrected chi connectivity index (χ3v) is 9.78. The van der Waals surface area contributed by atoms with Crippen LogP contribution in [0.1, 0.15) is 71.3 Å². The van der Waals surface area contributed by atoms with Crippen LogP contribution in [-0.2, 0) is 24.5 Å². The number of piperidine rings is 1. The summed E-state index contributed by atoms with van der Waals surface area (Å²) >= 11 is 0. The molecule has 0 amide bonds. The number of ketones is 1. The zero-order valence-corrected chi connectivity index (χ0v) is 25.8. The summed E-state index contributed by atoms with van der Waals surface area (Å²) in [6.07, 6.45) is 2.20. The van der Waals surface area contributed by atoms with E-state index in [1.54, 1.807) is 6.07 Å². The number of allylic oxidation sites excluding steroid dienone is 1. The summed E-state index contributed by atoms with van der Waals surface area (Å²) in [6, 6.07) is 4.13. The Morgan fingerprint density at radius 1 is 1.09 bits per heavy atom. The van der Waals surface area contributed by atoms with Crippen LogP contribution in [0, 0.1) is 26.1 Å². The summed E-state index contributed by atoms with van der Waals surface area (Å²) in [4.78, 5) is 53.1. The molecular formula is C28H37N5O10S. The number of rotatable bonds is 15. The first-order valence-electron chi connectivity index (χ1n) is 14.8. The summed E-state index contributed by atoms with van der Waals surface area (Å²) in [7, 11) is -4.01. The first-order chi connectivity index (χ1) is 21.0. The molecular weight excluding hydrogens is 598 g/mol. The molecule has 4 rings (SSSR count). The van der Waals surface area contributed by atoms with Crippen molar-refractivity contribution in [1.82, 2.24) is 4.31 Å². The molecule has 2 atom stereocenters. The lowest BCUT2D eigenvalue weighted by molar-refractivity contribution is -0.791. The van der Waals surface area contributed by atoms with Crippen molar-refractivity contribution in [3.63, 3.8) is 0 Å². The van der Waals surface area contributed by atoms with E-state index in [1.807, 2.05) is 20.8 Å². The zero-order valence-electron chi connectivity index (χ0n) is 25.0. The van der Waals surface area contributed by atoms with Gasteiger partial charge in [-0.15, -0.1) is 20.2 Å². The van der Waals surface area contributed by atoms with Gasteiger partial charge in [0.2, 0.25) is 10.0 Å². The zero-order chi connectivity index (χ0) is 32.0. The number of carbonyl (C=O) groups excluding carboxylic acids is 1. The van der Waals surface area contributed by atoms with Gasteiger partial charge >= 0.3 is 0 Å². The Balaban J connectivity index is 1.59. The summed E-state index contributed by atoms with van der Waals surface area (Å²) < 4.78 is 34.8. The van der Waals surface area contributed by atoms with Crippen LogP contribution < -0.4 is 4.74 Å². The van der Waals surface area contributed by atoms with Crippen LogP contribution in [0.2, 0.25) is 0 Å². The molecule has 15 nitrogen and oxygen atoms in total. The Labute approximate surface area is 255 Å². The molecule has 1 fully saturated rings. The maximum absolute atomic E-state index is 13.8. The molecule has 1 aromatic carbocycles.